The number of ether oxygens (including phenoxy) is 1. The van der Waals surface area contributed by atoms with E-state index in [1.807, 2.05) is 48.5 Å². The van der Waals surface area contributed by atoms with E-state index in [0.29, 0.717) is 24.6 Å². The first kappa shape index (κ1) is 15.9. The molecule has 1 aliphatic heterocycles. The Labute approximate surface area is 151 Å². The van der Waals surface area contributed by atoms with Gasteiger partial charge in [0.25, 0.3) is 0 Å². The standard InChI is InChI=1S/C20H17ClN2O2/c21-17-8-4-5-14-13-15-9-11-23(20(15)22-19(14)17)18(24)10-12-25-16-6-2-1-3-7-16/h1-8,13H,9-12H2. The van der Waals surface area contributed by atoms with Crippen LogP contribution in [0.1, 0.15) is 12.0 Å². The van der Waals surface area contributed by atoms with Gasteiger partial charge in [-0.1, -0.05) is 41.9 Å². The summed E-state index contributed by atoms with van der Waals surface area (Å²) in [6.45, 7) is 1.00. The lowest BCUT2D eigenvalue weighted by molar-refractivity contribution is -0.119. The van der Waals surface area contributed by atoms with E-state index in [0.717, 1.165) is 34.5 Å². The number of halogens is 1. The molecule has 0 unspecified atom stereocenters. The summed E-state index contributed by atoms with van der Waals surface area (Å²) in [7, 11) is 0. The fourth-order valence-corrected chi connectivity index (χ4v) is 3.33. The van der Waals surface area contributed by atoms with E-state index in [-0.39, 0.29) is 5.91 Å². The Morgan fingerprint density at radius 3 is 2.84 bits per heavy atom. The van der Waals surface area contributed by atoms with Crippen molar-refractivity contribution in [2.45, 2.75) is 12.8 Å². The molecule has 0 radical (unpaired) electrons. The molecule has 4 rings (SSSR count). The third-order valence-electron chi connectivity index (χ3n) is 4.34. The van der Waals surface area contributed by atoms with Crippen molar-refractivity contribution in [1.82, 2.24) is 4.98 Å². The zero-order valence-corrected chi connectivity index (χ0v) is 14.4. The van der Waals surface area contributed by atoms with Gasteiger partial charge in [0.1, 0.15) is 11.6 Å². The minimum Gasteiger partial charge on any atom is -0.493 e. The van der Waals surface area contributed by atoms with Crippen LogP contribution < -0.4 is 9.64 Å². The lowest BCUT2D eigenvalue weighted by Crippen LogP contribution is -2.30. The second kappa shape index (κ2) is 6.73. The second-order valence-corrected chi connectivity index (χ2v) is 6.40. The molecule has 0 atom stereocenters. The molecule has 126 valence electrons. The fourth-order valence-electron chi connectivity index (χ4n) is 3.10. The Morgan fingerprint density at radius 1 is 1.16 bits per heavy atom. The van der Waals surface area contributed by atoms with Crippen LogP contribution in [0, 0.1) is 0 Å². The molecule has 1 amide bonds. The van der Waals surface area contributed by atoms with Gasteiger partial charge in [0.05, 0.1) is 23.6 Å². The number of anilines is 1. The topological polar surface area (TPSA) is 42.4 Å². The number of rotatable bonds is 4. The van der Waals surface area contributed by atoms with Crippen molar-refractivity contribution in [3.8, 4) is 5.75 Å². The van der Waals surface area contributed by atoms with Gasteiger partial charge in [-0.15, -0.1) is 0 Å². The monoisotopic (exact) mass is 352 g/mol. The summed E-state index contributed by atoms with van der Waals surface area (Å²) in [5.41, 5.74) is 1.83. The highest BCUT2D eigenvalue weighted by molar-refractivity contribution is 6.35. The lowest BCUT2D eigenvalue weighted by Gasteiger charge is -2.17. The van der Waals surface area contributed by atoms with Gasteiger partial charge < -0.3 is 4.74 Å². The van der Waals surface area contributed by atoms with Crippen molar-refractivity contribution in [2.24, 2.45) is 0 Å². The zero-order chi connectivity index (χ0) is 17.2. The smallest absolute Gasteiger partial charge is 0.231 e. The summed E-state index contributed by atoms with van der Waals surface area (Å²) >= 11 is 6.25. The second-order valence-electron chi connectivity index (χ2n) is 5.99. The number of carbonyl (C=O) groups is 1. The lowest BCUT2D eigenvalue weighted by atomic mass is 10.1. The van der Waals surface area contributed by atoms with E-state index in [9.17, 15) is 4.79 Å². The highest BCUT2D eigenvalue weighted by Gasteiger charge is 2.26. The number of nitrogens with zero attached hydrogens (tertiary/aromatic N) is 2. The van der Waals surface area contributed by atoms with Crippen LogP contribution in [0.4, 0.5) is 5.82 Å². The SMILES string of the molecule is O=C(CCOc1ccccc1)N1CCc2cc3cccc(Cl)c3nc21. The number of carbonyl (C=O) groups excluding carboxylic acids is 1. The van der Waals surface area contributed by atoms with Gasteiger partial charge in [-0.25, -0.2) is 4.98 Å². The molecule has 4 nitrogen and oxygen atoms in total. The van der Waals surface area contributed by atoms with Crippen molar-refractivity contribution in [3.63, 3.8) is 0 Å². The maximum atomic E-state index is 12.6. The summed E-state index contributed by atoms with van der Waals surface area (Å²) < 4.78 is 5.62. The molecule has 2 aromatic carbocycles. The Morgan fingerprint density at radius 2 is 2.00 bits per heavy atom. The van der Waals surface area contributed by atoms with Crippen molar-refractivity contribution >= 4 is 34.2 Å². The van der Waals surface area contributed by atoms with Crippen molar-refractivity contribution < 1.29 is 9.53 Å². The van der Waals surface area contributed by atoms with E-state index < -0.39 is 0 Å². The predicted octanol–water partition coefficient (Wildman–Crippen LogP) is 4.25. The molecule has 0 N–H and O–H groups in total. The molecule has 0 aliphatic carbocycles. The van der Waals surface area contributed by atoms with E-state index in [1.54, 1.807) is 4.90 Å². The maximum absolute atomic E-state index is 12.6. The Kier molecular flexibility index (Phi) is 4.28. The van der Waals surface area contributed by atoms with E-state index in [4.69, 9.17) is 16.3 Å². The molecule has 5 heteroatoms. The molecule has 0 fully saturated rings. The molecule has 3 aromatic rings. The molecule has 1 aromatic heterocycles. The number of amides is 1. The first-order valence-electron chi connectivity index (χ1n) is 8.29. The molecule has 0 spiro atoms. The van der Waals surface area contributed by atoms with Gasteiger partial charge in [-0.05, 0) is 36.2 Å². The van der Waals surface area contributed by atoms with Gasteiger partial charge in [-0.3, -0.25) is 9.69 Å². The average Bonchev–Trinajstić information content (AvgIpc) is 3.04. The van der Waals surface area contributed by atoms with Crippen LogP contribution in [0.3, 0.4) is 0 Å². The number of para-hydroxylation sites is 2. The van der Waals surface area contributed by atoms with Crippen molar-refractivity contribution in [2.75, 3.05) is 18.1 Å². The quantitative estimate of drug-likeness (QED) is 0.705. The highest BCUT2D eigenvalue weighted by atomic mass is 35.5. The number of aromatic nitrogens is 1. The van der Waals surface area contributed by atoms with Gasteiger partial charge in [-0.2, -0.15) is 0 Å². The Hall–Kier alpha value is -2.59. The van der Waals surface area contributed by atoms with Crippen LogP contribution in [-0.2, 0) is 11.2 Å². The molecular weight excluding hydrogens is 336 g/mol. The van der Waals surface area contributed by atoms with Gasteiger partial charge in [0.2, 0.25) is 5.91 Å². The average molecular weight is 353 g/mol. The summed E-state index contributed by atoms with van der Waals surface area (Å²) in [5, 5.41) is 1.61. The van der Waals surface area contributed by atoms with Crippen LogP contribution in [0.2, 0.25) is 5.02 Å². The first-order chi connectivity index (χ1) is 12.2. The van der Waals surface area contributed by atoms with Crippen LogP contribution in [-0.4, -0.2) is 24.0 Å². The summed E-state index contributed by atoms with van der Waals surface area (Å²) in [5.74, 6) is 1.52. The molecule has 0 saturated heterocycles. The largest absolute Gasteiger partial charge is 0.493 e. The molecular formula is C20H17ClN2O2. The Bertz CT molecular complexity index is 928. The summed E-state index contributed by atoms with van der Waals surface area (Å²) in [4.78, 5) is 19.0. The molecule has 2 heterocycles. The third kappa shape index (κ3) is 3.17. The van der Waals surface area contributed by atoms with Crippen molar-refractivity contribution in [1.29, 1.82) is 0 Å². The number of pyridine rings is 1. The molecule has 0 saturated carbocycles. The highest BCUT2D eigenvalue weighted by Crippen LogP contribution is 2.32. The minimum absolute atomic E-state index is 0.0218. The van der Waals surface area contributed by atoms with E-state index in [2.05, 4.69) is 11.1 Å². The molecule has 0 bridgehead atoms. The van der Waals surface area contributed by atoms with Crippen LogP contribution in [0.25, 0.3) is 10.9 Å². The maximum Gasteiger partial charge on any atom is 0.231 e. The van der Waals surface area contributed by atoms with Crippen LogP contribution in [0.5, 0.6) is 5.75 Å². The minimum atomic E-state index is 0.0218. The zero-order valence-electron chi connectivity index (χ0n) is 13.6. The molecule has 25 heavy (non-hydrogen) atoms. The Balaban J connectivity index is 1.49. The third-order valence-corrected chi connectivity index (χ3v) is 4.65. The van der Waals surface area contributed by atoms with Gasteiger partial charge >= 0.3 is 0 Å². The van der Waals surface area contributed by atoms with Crippen LogP contribution >= 0.6 is 11.6 Å². The molecule has 1 aliphatic rings. The fraction of sp³-hybridized carbons (Fsp3) is 0.200. The van der Waals surface area contributed by atoms with Crippen LogP contribution in [0.15, 0.2) is 54.6 Å². The van der Waals surface area contributed by atoms with Gasteiger partial charge in [0.15, 0.2) is 0 Å². The summed E-state index contributed by atoms with van der Waals surface area (Å²) in [6, 6.07) is 17.3. The number of benzene rings is 2. The van der Waals surface area contributed by atoms with E-state index in [1.165, 1.54) is 0 Å². The number of hydrogen-bond acceptors (Lipinski definition) is 3. The van der Waals surface area contributed by atoms with Gasteiger partial charge in [0, 0.05) is 11.9 Å². The first-order valence-corrected chi connectivity index (χ1v) is 8.66. The number of fused-ring (bicyclic) bond motifs is 2. The van der Waals surface area contributed by atoms with E-state index >= 15 is 0 Å². The normalized spacial score (nSPS) is 13.1. The number of hydrogen-bond donors (Lipinski definition) is 0. The van der Waals surface area contributed by atoms with Crippen molar-refractivity contribution in [3.05, 3.63) is 65.2 Å². The summed E-state index contributed by atoms with van der Waals surface area (Å²) in [6.07, 6.45) is 1.13. The predicted molar refractivity (Wildman–Crippen MR) is 99.4 cm³/mol.